The second-order valence-electron chi connectivity index (χ2n) is 3.37. The molecule has 0 atom stereocenters. The molecule has 1 aromatic carbocycles. The smallest absolute Gasteiger partial charge is 0.293 e. The summed E-state index contributed by atoms with van der Waals surface area (Å²) < 4.78 is 4.70. The van der Waals surface area contributed by atoms with Gasteiger partial charge in [0.1, 0.15) is 6.61 Å². The van der Waals surface area contributed by atoms with Gasteiger partial charge in [-0.2, -0.15) is 0 Å². The number of para-hydroxylation sites is 1. The quantitative estimate of drug-likeness (QED) is 0.551. The Bertz CT molecular complexity index is 374. The van der Waals surface area contributed by atoms with Crippen molar-refractivity contribution in [1.29, 1.82) is 0 Å². The van der Waals surface area contributed by atoms with E-state index in [2.05, 4.69) is 29.2 Å². The molecule has 1 aliphatic rings. The topological polar surface area (TPSA) is 29.5 Å². The molecule has 15 heavy (non-hydrogen) atoms. The third-order valence-electron chi connectivity index (χ3n) is 2.45. The summed E-state index contributed by atoms with van der Waals surface area (Å²) in [5.41, 5.74) is 2.42. The van der Waals surface area contributed by atoms with Gasteiger partial charge in [0.05, 0.1) is 6.54 Å². The van der Waals surface area contributed by atoms with Crippen LogP contribution >= 0.6 is 0 Å². The summed E-state index contributed by atoms with van der Waals surface area (Å²) in [5.74, 6) is 0. The summed E-state index contributed by atoms with van der Waals surface area (Å²) in [6.07, 6.45) is 4.23. The van der Waals surface area contributed by atoms with Crippen LogP contribution in [0.5, 0.6) is 0 Å². The summed E-state index contributed by atoms with van der Waals surface area (Å²) in [4.78, 5) is 12.2. The van der Waals surface area contributed by atoms with Crippen LogP contribution < -0.4 is 4.90 Å². The second-order valence-corrected chi connectivity index (χ2v) is 3.37. The molecule has 0 saturated heterocycles. The third kappa shape index (κ3) is 2.18. The standard InChI is InChI=1S/C12H13NO2/c14-10-15-9-8-13-7-3-5-11-4-1-2-6-12(11)13/h1-6,10H,7-9H2. The molecule has 3 heteroatoms. The monoisotopic (exact) mass is 203 g/mol. The van der Waals surface area contributed by atoms with Gasteiger partial charge >= 0.3 is 0 Å². The number of carbonyl (C=O) groups excluding carboxylic acids is 1. The molecular formula is C12H13NO2. The number of rotatable bonds is 4. The first-order valence-corrected chi connectivity index (χ1v) is 4.97. The van der Waals surface area contributed by atoms with Gasteiger partial charge in [0.2, 0.25) is 0 Å². The van der Waals surface area contributed by atoms with Crippen LogP contribution in [0.15, 0.2) is 30.3 Å². The van der Waals surface area contributed by atoms with Crippen LogP contribution in [0.4, 0.5) is 5.69 Å². The molecule has 78 valence electrons. The molecule has 0 radical (unpaired) electrons. The van der Waals surface area contributed by atoms with Crippen LogP contribution in [0, 0.1) is 0 Å². The fourth-order valence-electron chi connectivity index (χ4n) is 1.74. The van der Waals surface area contributed by atoms with Crippen LogP contribution in [0.2, 0.25) is 0 Å². The van der Waals surface area contributed by atoms with Crippen molar-refractivity contribution in [3.63, 3.8) is 0 Å². The summed E-state index contributed by atoms with van der Waals surface area (Å²) in [5, 5.41) is 0. The molecule has 2 rings (SSSR count). The minimum Gasteiger partial charge on any atom is -0.466 e. The molecule has 0 unspecified atom stereocenters. The second kappa shape index (κ2) is 4.64. The summed E-state index contributed by atoms with van der Waals surface area (Å²) in [6.45, 7) is 2.54. The van der Waals surface area contributed by atoms with Gasteiger partial charge in [-0.3, -0.25) is 4.79 Å². The predicted molar refractivity (Wildman–Crippen MR) is 59.7 cm³/mol. The number of fused-ring (bicyclic) bond motifs is 1. The van der Waals surface area contributed by atoms with Gasteiger partial charge in [0.25, 0.3) is 6.47 Å². The first kappa shape index (κ1) is 9.77. The number of carbonyl (C=O) groups is 1. The van der Waals surface area contributed by atoms with E-state index in [0.717, 1.165) is 13.1 Å². The highest BCUT2D eigenvalue weighted by molar-refractivity contribution is 5.71. The van der Waals surface area contributed by atoms with Crippen LogP contribution in [0.3, 0.4) is 0 Å². The SMILES string of the molecule is O=COCCN1CC=Cc2ccccc21. The average Bonchev–Trinajstić information content (AvgIpc) is 2.30. The van der Waals surface area contributed by atoms with Crippen LogP contribution in [-0.2, 0) is 9.53 Å². The van der Waals surface area contributed by atoms with Crippen molar-refractivity contribution in [3.8, 4) is 0 Å². The van der Waals surface area contributed by atoms with Gasteiger partial charge < -0.3 is 9.64 Å². The largest absolute Gasteiger partial charge is 0.466 e. The molecule has 0 saturated carbocycles. The Morgan fingerprint density at radius 3 is 3.13 bits per heavy atom. The fourth-order valence-corrected chi connectivity index (χ4v) is 1.74. The zero-order chi connectivity index (χ0) is 10.5. The summed E-state index contributed by atoms with van der Waals surface area (Å²) in [7, 11) is 0. The van der Waals surface area contributed by atoms with Crippen molar-refractivity contribution >= 4 is 18.2 Å². The molecule has 0 aromatic heterocycles. The molecule has 1 heterocycles. The minimum absolute atomic E-state index is 0.436. The molecule has 0 fully saturated rings. The first-order chi connectivity index (χ1) is 7.42. The van der Waals surface area contributed by atoms with Crippen molar-refractivity contribution < 1.29 is 9.53 Å². The van der Waals surface area contributed by atoms with Crippen LogP contribution in [0.25, 0.3) is 6.08 Å². The molecule has 1 aliphatic heterocycles. The van der Waals surface area contributed by atoms with Crippen LogP contribution in [-0.4, -0.2) is 26.2 Å². The van der Waals surface area contributed by atoms with Gasteiger partial charge in [0, 0.05) is 12.2 Å². The van der Waals surface area contributed by atoms with Gasteiger partial charge in [-0.05, 0) is 11.6 Å². The van der Waals surface area contributed by atoms with E-state index in [0.29, 0.717) is 13.1 Å². The molecule has 3 nitrogen and oxygen atoms in total. The average molecular weight is 203 g/mol. The van der Waals surface area contributed by atoms with E-state index < -0.39 is 0 Å². The zero-order valence-electron chi connectivity index (χ0n) is 8.43. The van der Waals surface area contributed by atoms with Gasteiger partial charge in [-0.15, -0.1) is 0 Å². The summed E-state index contributed by atoms with van der Waals surface area (Å²) >= 11 is 0. The molecule has 0 spiro atoms. The maximum absolute atomic E-state index is 10.0. The summed E-state index contributed by atoms with van der Waals surface area (Å²) in [6, 6.07) is 8.21. The Kier molecular flexibility index (Phi) is 3.02. The van der Waals surface area contributed by atoms with Gasteiger partial charge in [-0.1, -0.05) is 30.4 Å². The Morgan fingerprint density at radius 2 is 2.27 bits per heavy atom. The molecule has 0 aliphatic carbocycles. The van der Waals surface area contributed by atoms with E-state index in [9.17, 15) is 4.79 Å². The maximum Gasteiger partial charge on any atom is 0.293 e. The third-order valence-corrected chi connectivity index (χ3v) is 2.45. The highest BCUT2D eigenvalue weighted by Gasteiger charge is 2.11. The van der Waals surface area contributed by atoms with Gasteiger partial charge in [0.15, 0.2) is 0 Å². The Morgan fingerprint density at radius 1 is 1.40 bits per heavy atom. The van der Waals surface area contributed by atoms with Crippen molar-refractivity contribution in [2.45, 2.75) is 0 Å². The number of anilines is 1. The van der Waals surface area contributed by atoms with Gasteiger partial charge in [-0.25, -0.2) is 0 Å². The van der Waals surface area contributed by atoms with Crippen molar-refractivity contribution in [2.24, 2.45) is 0 Å². The fraction of sp³-hybridized carbons (Fsp3) is 0.250. The van der Waals surface area contributed by atoms with Crippen LogP contribution in [0.1, 0.15) is 5.56 Å². The van der Waals surface area contributed by atoms with E-state index >= 15 is 0 Å². The Hall–Kier alpha value is -1.77. The molecule has 0 N–H and O–H groups in total. The lowest BCUT2D eigenvalue weighted by molar-refractivity contribution is -0.128. The van der Waals surface area contributed by atoms with Crippen molar-refractivity contribution in [1.82, 2.24) is 0 Å². The van der Waals surface area contributed by atoms with E-state index in [1.54, 1.807) is 0 Å². The lowest BCUT2D eigenvalue weighted by Crippen LogP contribution is -2.29. The lowest BCUT2D eigenvalue weighted by Gasteiger charge is -2.27. The lowest BCUT2D eigenvalue weighted by atomic mass is 10.1. The number of hydrogen-bond donors (Lipinski definition) is 0. The highest BCUT2D eigenvalue weighted by atomic mass is 16.5. The van der Waals surface area contributed by atoms with Crippen molar-refractivity contribution in [2.75, 3.05) is 24.6 Å². The van der Waals surface area contributed by atoms with E-state index in [1.807, 2.05) is 12.1 Å². The predicted octanol–water partition coefficient (Wildman–Crippen LogP) is 1.69. The molecular weight excluding hydrogens is 190 g/mol. The zero-order valence-corrected chi connectivity index (χ0v) is 8.43. The van der Waals surface area contributed by atoms with E-state index in [1.165, 1.54) is 11.3 Å². The number of hydrogen-bond acceptors (Lipinski definition) is 3. The normalized spacial score (nSPS) is 13.5. The van der Waals surface area contributed by atoms with E-state index in [4.69, 9.17) is 4.74 Å². The highest BCUT2D eigenvalue weighted by Crippen LogP contribution is 2.24. The number of nitrogens with zero attached hydrogens (tertiary/aromatic N) is 1. The first-order valence-electron chi connectivity index (χ1n) is 4.97. The van der Waals surface area contributed by atoms with E-state index in [-0.39, 0.29) is 0 Å². The number of ether oxygens (including phenoxy) is 1. The maximum atomic E-state index is 10.0. The molecule has 1 aromatic rings. The molecule has 0 bridgehead atoms. The Balaban J connectivity index is 2.08. The Labute approximate surface area is 89.0 Å². The van der Waals surface area contributed by atoms with Crippen molar-refractivity contribution in [3.05, 3.63) is 35.9 Å². The minimum atomic E-state index is 0.436. The number of benzene rings is 1. The molecule has 0 amide bonds.